The third kappa shape index (κ3) is 2.70. The summed E-state index contributed by atoms with van der Waals surface area (Å²) in [6, 6.07) is 3.98. The molecule has 2 aromatic rings. The standard InChI is InChI=1S/C19H21N3O3S/c23-18(24)16-9-13-15(26-16)3-8-25-19(13)4-6-22(7-5-19)17-10-14(12-1-2-12)20-11-21-17/h9-12H,1-8H2,(H,23,24). The summed E-state index contributed by atoms with van der Waals surface area (Å²) in [4.78, 5) is 24.2. The quantitative estimate of drug-likeness (QED) is 0.893. The monoisotopic (exact) mass is 371 g/mol. The van der Waals surface area contributed by atoms with Gasteiger partial charge in [0.2, 0.25) is 0 Å². The lowest BCUT2D eigenvalue weighted by molar-refractivity contribution is -0.0757. The number of anilines is 1. The predicted octanol–water partition coefficient (Wildman–Crippen LogP) is 3.18. The molecule has 2 aliphatic heterocycles. The first-order chi connectivity index (χ1) is 12.6. The first kappa shape index (κ1) is 16.2. The highest BCUT2D eigenvalue weighted by molar-refractivity contribution is 7.14. The molecule has 5 rings (SSSR count). The van der Waals surface area contributed by atoms with Gasteiger partial charge in [0.15, 0.2) is 0 Å². The normalized spacial score (nSPS) is 21.6. The Kier molecular flexibility index (Phi) is 3.76. The zero-order valence-electron chi connectivity index (χ0n) is 14.5. The summed E-state index contributed by atoms with van der Waals surface area (Å²) < 4.78 is 6.24. The number of carboxylic acids is 1. The van der Waals surface area contributed by atoms with Crippen molar-refractivity contribution >= 4 is 23.1 Å². The molecule has 7 heteroatoms. The molecule has 2 fully saturated rings. The molecule has 3 aliphatic rings. The highest BCUT2D eigenvalue weighted by Gasteiger charge is 2.42. The third-order valence-corrected chi connectivity index (χ3v) is 6.97. The minimum Gasteiger partial charge on any atom is -0.477 e. The highest BCUT2D eigenvalue weighted by Crippen LogP contribution is 2.45. The van der Waals surface area contributed by atoms with E-state index in [0.717, 1.165) is 49.4 Å². The number of ether oxygens (including phenoxy) is 1. The van der Waals surface area contributed by atoms with Gasteiger partial charge in [0.1, 0.15) is 17.0 Å². The first-order valence-electron chi connectivity index (χ1n) is 9.22. The number of rotatable bonds is 3. The number of hydrogen-bond donors (Lipinski definition) is 1. The average Bonchev–Trinajstić information content (AvgIpc) is 3.41. The summed E-state index contributed by atoms with van der Waals surface area (Å²) in [5.41, 5.74) is 1.93. The van der Waals surface area contributed by atoms with Crippen LogP contribution in [-0.4, -0.2) is 40.7 Å². The number of fused-ring (bicyclic) bond motifs is 2. The summed E-state index contributed by atoms with van der Waals surface area (Å²) in [6.07, 6.45) is 6.69. The molecule has 4 heterocycles. The van der Waals surface area contributed by atoms with Crippen LogP contribution in [0.2, 0.25) is 0 Å². The fraction of sp³-hybridized carbons (Fsp3) is 0.526. The van der Waals surface area contributed by atoms with Gasteiger partial charge in [-0.3, -0.25) is 0 Å². The fourth-order valence-electron chi connectivity index (χ4n) is 4.17. The van der Waals surface area contributed by atoms with Crippen LogP contribution >= 0.6 is 11.3 Å². The smallest absolute Gasteiger partial charge is 0.345 e. The number of aromatic nitrogens is 2. The van der Waals surface area contributed by atoms with Gasteiger partial charge < -0.3 is 14.7 Å². The molecular weight excluding hydrogens is 350 g/mol. The maximum Gasteiger partial charge on any atom is 0.345 e. The second-order valence-corrected chi connectivity index (χ2v) is 8.54. The maximum atomic E-state index is 11.4. The van der Waals surface area contributed by atoms with Gasteiger partial charge in [-0.05, 0) is 37.3 Å². The molecule has 1 saturated carbocycles. The van der Waals surface area contributed by atoms with Crippen LogP contribution in [0.1, 0.15) is 57.4 Å². The van der Waals surface area contributed by atoms with Gasteiger partial charge in [0.25, 0.3) is 0 Å². The zero-order chi connectivity index (χ0) is 17.7. The summed E-state index contributed by atoms with van der Waals surface area (Å²) in [5, 5.41) is 9.33. The van der Waals surface area contributed by atoms with E-state index in [4.69, 9.17) is 4.74 Å². The van der Waals surface area contributed by atoms with Crippen molar-refractivity contribution in [3.63, 3.8) is 0 Å². The fourth-order valence-corrected chi connectivity index (χ4v) is 5.24. The molecular formula is C19H21N3O3S. The van der Waals surface area contributed by atoms with E-state index in [-0.39, 0.29) is 5.60 Å². The maximum absolute atomic E-state index is 11.4. The van der Waals surface area contributed by atoms with Crippen LogP contribution in [0.15, 0.2) is 18.5 Å². The largest absolute Gasteiger partial charge is 0.477 e. The van der Waals surface area contributed by atoms with Crippen molar-refractivity contribution < 1.29 is 14.6 Å². The van der Waals surface area contributed by atoms with Gasteiger partial charge >= 0.3 is 5.97 Å². The molecule has 1 saturated heterocycles. The summed E-state index contributed by atoms with van der Waals surface area (Å²) >= 11 is 1.41. The second kappa shape index (κ2) is 6.03. The molecule has 0 radical (unpaired) electrons. The lowest BCUT2D eigenvalue weighted by Gasteiger charge is -2.44. The molecule has 1 spiro atoms. The predicted molar refractivity (Wildman–Crippen MR) is 98.1 cm³/mol. The Hall–Kier alpha value is -1.99. The van der Waals surface area contributed by atoms with E-state index in [1.54, 1.807) is 6.33 Å². The molecule has 6 nitrogen and oxygen atoms in total. The van der Waals surface area contributed by atoms with Gasteiger partial charge in [-0.25, -0.2) is 14.8 Å². The number of nitrogens with zero attached hydrogens (tertiary/aromatic N) is 3. The first-order valence-corrected chi connectivity index (χ1v) is 10.0. The Bertz CT molecular complexity index is 853. The van der Waals surface area contributed by atoms with E-state index in [0.29, 0.717) is 17.4 Å². The van der Waals surface area contributed by atoms with Crippen molar-refractivity contribution in [2.24, 2.45) is 0 Å². The summed E-state index contributed by atoms with van der Waals surface area (Å²) in [6.45, 7) is 2.39. The van der Waals surface area contributed by atoms with Crippen LogP contribution in [0.4, 0.5) is 5.82 Å². The number of carboxylic acid groups (broad SMARTS) is 1. The van der Waals surface area contributed by atoms with Crippen molar-refractivity contribution in [3.05, 3.63) is 39.5 Å². The van der Waals surface area contributed by atoms with Gasteiger partial charge in [0, 0.05) is 42.1 Å². The van der Waals surface area contributed by atoms with E-state index in [9.17, 15) is 9.90 Å². The van der Waals surface area contributed by atoms with Crippen LogP contribution in [0.5, 0.6) is 0 Å². The van der Waals surface area contributed by atoms with Crippen LogP contribution in [-0.2, 0) is 16.8 Å². The second-order valence-electron chi connectivity index (χ2n) is 7.41. The van der Waals surface area contributed by atoms with Crippen molar-refractivity contribution in [2.75, 3.05) is 24.6 Å². The molecule has 2 aromatic heterocycles. The van der Waals surface area contributed by atoms with Crippen molar-refractivity contribution in [1.29, 1.82) is 0 Å². The molecule has 0 atom stereocenters. The Balaban J connectivity index is 1.37. The van der Waals surface area contributed by atoms with Crippen LogP contribution in [0, 0.1) is 0 Å². The van der Waals surface area contributed by atoms with E-state index >= 15 is 0 Å². The Morgan fingerprint density at radius 2 is 2.08 bits per heavy atom. The van der Waals surface area contributed by atoms with Gasteiger partial charge in [-0.15, -0.1) is 11.3 Å². The van der Waals surface area contributed by atoms with E-state index in [2.05, 4.69) is 20.9 Å². The molecule has 1 N–H and O–H groups in total. The lowest BCUT2D eigenvalue weighted by atomic mass is 9.82. The minimum atomic E-state index is -0.842. The lowest BCUT2D eigenvalue weighted by Crippen LogP contribution is -2.46. The molecule has 0 unspecified atom stereocenters. The van der Waals surface area contributed by atoms with Gasteiger partial charge in [-0.2, -0.15) is 0 Å². The van der Waals surface area contributed by atoms with Gasteiger partial charge in [0.05, 0.1) is 12.2 Å². The zero-order valence-corrected chi connectivity index (χ0v) is 15.3. The summed E-state index contributed by atoms with van der Waals surface area (Å²) in [7, 11) is 0. The number of piperidine rings is 1. The average molecular weight is 371 g/mol. The number of hydrogen-bond acceptors (Lipinski definition) is 6. The van der Waals surface area contributed by atoms with Crippen molar-refractivity contribution in [1.82, 2.24) is 9.97 Å². The Labute approximate surface area is 155 Å². The number of carbonyl (C=O) groups is 1. The van der Waals surface area contributed by atoms with Crippen LogP contribution < -0.4 is 4.90 Å². The molecule has 26 heavy (non-hydrogen) atoms. The molecule has 0 bridgehead atoms. The Morgan fingerprint density at radius 3 is 2.81 bits per heavy atom. The topological polar surface area (TPSA) is 75.6 Å². The summed E-state index contributed by atoms with van der Waals surface area (Å²) in [5.74, 6) is 0.785. The SMILES string of the molecule is O=C(O)c1cc2c(s1)CCOC21CCN(c2cc(C3CC3)ncn2)CC1. The highest BCUT2D eigenvalue weighted by atomic mass is 32.1. The van der Waals surface area contributed by atoms with Crippen LogP contribution in [0.25, 0.3) is 0 Å². The van der Waals surface area contributed by atoms with Crippen molar-refractivity contribution in [3.8, 4) is 0 Å². The molecule has 0 aromatic carbocycles. The van der Waals surface area contributed by atoms with Gasteiger partial charge in [-0.1, -0.05) is 0 Å². The van der Waals surface area contributed by atoms with E-state index < -0.39 is 5.97 Å². The van der Waals surface area contributed by atoms with E-state index in [1.165, 1.54) is 29.1 Å². The van der Waals surface area contributed by atoms with Crippen LogP contribution in [0.3, 0.4) is 0 Å². The third-order valence-electron chi connectivity index (χ3n) is 5.78. The molecule has 1 aliphatic carbocycles. The number of aromatic carboxylic acids is 1. The number of thiophene rings is 1. The minimum absolute atomic E-state index is 0.333. The Morgan fingerprint density at radius 1 is 1.27 bits per heavy atom. The molecule has 0 amide bonds. The molecule has 136 valence electrons. The van der Waals surface area contributed by atoms with Crippen molar-refractivity contribution in [2.45, 2.75) is 43.6 Å². The van der Waals surface area contributed by atoms with E-state index in [1.807, 2.05) is 6.07 Å².